The van der Waals surface area contributed by atoms with Crippen LogP contribution in [0.2, 0.25) is 0 Å². The second-order valence-corrected chi connectivity index (χ2v) is 5.72. The first-order valence-corrected chi connectivity index (χ1v) is 6.58. The summed E-state index contributed by atoms with van der Waals surface area (Å²) in [5.41, 5.74) is 0.401. The molecule has 7 heteroatoms. The summed E-state index contributed by atoms with van der Waals surface area (Å²) in [4.78, 5) is 9.91. The third-order valence-corrected chi connectivity index (χ3v) is 4.06. The molecular weight excluding hydrogens is 256 g/mol. The fourth-order valence-corrected chi connectivity index (χ4v) is 2.37. The number of nitrogens with zero attached hydrogens (tertiary/aromatic N) is 2. The van der Waals surface area contributed by atoms with Crippen molar-refractivity contribution in [2.75, 3.05) is 13.6 Å². The van der Waals surface area contributed by atoms with Gasteiger partial charge in [0, 0.05) is 19.2 Å². The van der Waals surface area contributed by atoms with Gasteiger partial charge in [0.15, 0.2) is 0 Å². The second kappa shape index (κ2) is 5.62. The molecule has 0 radical (unpaired) electrons. The van der Waals surface area contributed by atoms with Crippen LogP contribution in [0.3, 0.4) is 0 Å². The van der Waals surface area contributed by atoms with E-state index in [2.05, 4.69) is 5.92 Å². The Morgan fingerprint density at radius 3 is 2.39 bits per heavy atom. The van der Waals surface area contributed by atoms with Gasteiger partial charge in [0.1, 0.15) is 0 Å². The molecule has 0 aromatic heterocycles. The highest BCUT2D eigenvalue weighted by atomic mass is 32.2. The van der Waals surface area contributed by atoms with Gasteiger partial charge in [-0.05, 0) is 5.56 Å². The van der Waals surface area contributed by atoms with Crippen molar-refractivity contribution in [2.45, 2.75) is 5.75 Å². The Morgan fingerprint density at radius 1 is 1.39 bits per heavy atom. The molecule has 0 atom stereocenters. The number of hydrogen-bond donors (Lipinski definition) is 0. The van der Waals surface area contributed by atoms with Crippen molar-refractivity contribution >= 4 is 15.7 Å². The van der Waals surface area contributed by atoms with Crippen LogP contribution in [0.25, 0.3) is 0 Å². The lowest BCUT2D eigenvalue weighted by Crippen LogP contribution is -2.28. The number of benzene rings is 1. The highest BCUT2D eigenvalue weighted by Gasteiger charge is 2.18. The highest BCUT2D eigenvalue weighted by Crippen LogP contribution is 2.15. The van der Waals surface area contributed by atoms with E-state index in [-0.39, 0.29) is 18.0 Å². The van der Waals surface area contributed by atoms with Crippen LogP contribution in [-0.2, 0) is 15.8 Å². The minimum Gasteiger partial charge on any atom is -0.258 e. The zero-order chi connectivity index (χ0) is 13.8. The molecule has 0 saturated heterocycles. The van der Waals surface area contributed by atoms with Gasteiger partial charge in [-0.3, -0.25) is 10.1 Å². The van der Waals surface area contributed by atoms with Crippen LogP contribution in [-0.4, -0.2) is 31.2 Å². The van der Waals surface area contributed by atoms with E-state index in [1.807, 2.05) is 0 Å². The van der Waals surface area contributed by atoms with Gasteiger partial charge in [-0.2, -0.15) is 4.31 Å². The number of rotatable bonds is 5. The van der Waals surface area contributed by atoms with Gasteiger partial charge in [-0.1, -0.05) is 18.1 Å². The molecule has 0 fully saturated rings. The Hall–Kier alpha value is -1.91. The van der Waals surface area contributed by atoms with Gasteiger partial charge < -0.3 is 0 Å². The first kappa shape index (κ1) is 14.2. The average molecular weight is 268 g/mol. The van der Waals surface area contributed by atoms with Crippen LogP contribution >= 0.6 is 0 Å². The zero-order valence-corrected chi connectivity index (χ0v) is 10.6. The summed E-state index contributed by atoms with van der Waals surface area (Å²) in [6.07, 6.45) is 5.04. The van der Waals surface area contributed by atoms with Gasteiger partial charge in [0.25, 0.3) is 5.69 Å². The predicted octanol–water partition coefficient (Wildman–Crippen LogP) is 0.990. The normalized spacial score (nSPS) is 11.2. The van der Waals surface area contributed by atoms with Crippen molar-refractivity contribution in [3.63, 3.8) is 0 Å². The molecule has 0 aliphatic carbocycles. The molecule has 0 saturated carbocycles. The van der Waals surface area contributed by atoms with Crippen LogP contribution in [0.5, 0.6) is 0 Å². The van der Waals surface area contributed by atoms with Crippen molar-refractivity contribution in [3.8, 4) is 12.3 Å². The van der Waals surface area contributed by atoms with Crippen LogP contribution in [0.15, 0.2) is 24.3 Å². The number of nitro benzene ring substituents is 1. The molecule has 0 aliphatic rings. The van der Waals surface area contributed by atoms with E-state index < -0.39 is 14.9 Å². The third kappa shape index (κ3) is 3.55. The first-order chi connectivity index (χ1) is 8.36. The number of non-ortho nitro benzene ring substituents is 1. The maximum absolute atomic E-state index is 11.8. The van der Waals surface area contributed by atoms with Crippen molar-refractivity contribution in [1.82, 2.24) is 4.31 Å². The summed E-state index contributed by atoms with van der Waals surface area (Å²) < 4.78 is 24.7. The van der Waals surface area contributed by atoms with Crippen molar-refractivity contribution in [1.29, 1.82) is 0 Å². The fraction of sp³-hybridized carbons (Fsp3) is 0.273. The molecule has 0 heterocycles. The van der Waals surface area contributed by atoms with Gasteiger partial charge in [-0.25, -0.2) is 8.42 Å². The molecule has 1 aromatic rings. The summed E-state index contributed by atoms with van der Waals surface area (Å²) in [5.74, 6) is 2.01. The van der Waals surface area contributed by atoms with E-state index in [9.17, 15) is 18.5 Å². The molecule has 0 aliphatic heterocycles. The van der Waals surface area contributed by atoms with Crippen LogP contribution in [0.1, 0.15) is 5.56 Å². The van der Waals surface area contributed by atoms with E-state index in [0.717, 1.165) is 4.31 Å². The predicted molar refractivity (Wildman–Crippen MR) is 67.2 cm³/mol. The maximum Gasteiger partial charge on any atom is 0.269 e. The Bertz CT molecular complexity index is 572. The van der Waals surface area contributed by atoms with E-state index in [1.165, 1.54) is 31.3 Å². The molecule has 0 amide bonds. The largest absolute Gasteiger partial charge is 0.269 e. The smallest absolute Gasteiger partial charge is 0.258 e. The summed E-state index contributed by atoms with van der Waals surface area (Å²) >= 11 is 0. The number of hydrogen-bond acceptors (Lipinski definition) is 4. The van der Waals surface area contributed by atoms with Crippen molar-refractivity contribution in [2.24, 2.45) is 0 Å². The van der Waals surface area contributed by atoms with Crippen LogP contribution in [0, 0.1) is 22.5 Å². The standard InChI is InChI=1S/C11H12N2O4S/c1-3-8-12(2)18(16,17)9-10-4-6-11(7-5-10)13(14)15/h1,4-7H,8-9H2,2H3. The maximum atomic E-state index is 11.8. The topological polar surface area (TPSA) is 80.5 Å². The van der Waals surface area contributed by atoms with Gasteiger partial charge in [0.05, 0.1) is 17.2 Å². The van der Waals surface area contributed by atoms with Crippen LogP contribution in [0.4, 0.5) is 5.69 Å². The quantitative estimate of drug-likeness (QED) is 0.453. The second-order valence-electron chi connectivity index (χ2n) is 3.64. The lowest BCUT2D eigenvalue weighted by Gasteiger charge is -2.13. The Morgan fingerprint density at radius 2 is 1.94 bits per heavy atom. The molecule has 1 aromatic carbocycles. The molecule has 18 heavy (non-hydrogen) atoms. The molecule has 1 rings (SSSR count). The Balaban J connectivity index is 2.85. The third-order valence-electron chi connectivity index (χ3n) is 2.29. The lowest BCUT2D eigenvalue weighted by molar-refractivity contribution is -0.384. The first-order valence-electron chi connectivity index (χ1n) is 4.97. The average Bonchev–Trinajstić information content (AvgIpc) is 2.29. The van der Waals surface area contributed by atoms with Gasteiger partial charge in [-0.15, -0.1) is 6.42 Å². The Kier molecular flexibility index (Phi) is 4.42. The molecule has 96 valence electrons. The van der Waals surface area contributed by atoms with Crippen molar-refractivity contribution < 1.29 is 13.3 Å². The van der Waals surface area contributed by atoms with E-state index in [4.69, 9.17) is 6.42 Å². The lowest BCUT2D eigenvalue weighted by atomic mass is 10.2. The number of nitro groups is 1. The van der Waals surface area contributed by atoms with E-state index in [0.29, 0.717) is 5.56 Å². The SMILES string of the molecule is C#CCN(C)S(=O)(=O)Cc1ccc([N+](=O)[O-])cc1. The molecule has 0 unspecified atom stereocenters. The summed E-state index contributed by atoms with van der Waals surface area (Å²) in [7, 11) is -2.10. The van der Waals surface area contributed by atoms with Gasteiger partial charge in [0.2, 0.25) is 10.0 Å². The fourth-order valence-electron chi connectivity index (χ4n) is 1.26. The molecule has 0 bridgehead atoms. The summed E-state index contributed by atoms with van der Waals surface area (Å²) in [5, 5.41) is 10.4. The molecule has 0 N–H and O–H groups in total. The molecular formula is C11H12N2O4S. The van der Waals surface area contributed by atoms with Crippen molar-refractivity contribution in [3.05, 3.63) is 39.9 Å². The Labute approximate surface area is 105 Å². The number of sulfonamides is 1. The monoisotopic (exact) mass is 268 g/mol. The molecule has 6 nitrogen and oxygen atoms in total. The van der Waals surface area contributed by atoms with E-state index >= 15 is 0 Å². The highest BCUT2D eigenvalue weighted by molar-refractivity contribution is 7.88. The zero-order valence-electron chi connectivity index (χ0n) is 9.74. The minimum atomic E-state index is -3.49. The van der Waals surface area contributed by atoms with Crippen LogP contribution < -0.4 is 0 Å². The summed E-state index contributed by atoms with van der Waals surface area (Å²) in [6, 6.07) is 5.37. The number of terminal acetylenes is 1. The van der Waals surface area contributed by atoms with E-state index in [1.54, 1.807) is 0 Å². The molecule has 0 spiro atoms. The minimum absolute atomic E-state index is 0.00465. The van der Waals surface area contributed by atoms with Gasteiger partial charge >= 0.3 is 0 Å². The summed E-state index contributed by atoms with van der Waals surface area (Å²) in [6.45, 7) is -0.00465.